The van der Waals surface area contributed by atoms with Crippen LogP contribution in [0, 0.1) is 28.6 Å². The Balaban J connectivity index is 1.43. The summed E-state index contributed by atoms with van der Waals surface area (Å²) >= 11 is 0. The number of ketones is 2. The Kier molecular flexibility index (Phi) is 5.39. The zero-order chi connectivity index (χ0) is 25.3. The SMILES string of the molecule is CCOC1(c2ccccc2)OCC(=O)[C@]2(CC[C@H]3[C@@H]4C[C@H](C)C5=CC(=O)C=C[C@]5(C)C4=CC[C@@]32C)O1. The Morgan fingerprint density at radius 3 is 2.64 bits per heavy atom. The van der Waals surface area contributed by atoms with Gasteiger partial charge in [-0.2, -0.15) is 0 Å². The molecule has 7 atom stereocenters. The van der Waals surface area contributed by atoms with Crippen LogP contribution in [-0.4, -0.2) is 30.4 Å². The molecule has 0 aromatic heterocycles. The maximum Gasteiger partial charge on any atom is 0.313 e. The number of Topliss-reactive ketones (excluding diaryl/α,β-unsaturated/α-hetero) is 1. The number of hydrogen-bond acceptors (Lipinski definition) is 5. The normalized spacial score (nSPS) is 43.5. The number of benzene rings is 1. The van der Waals surface area contributed by atoms with Gasteiger partial charge in [-0.3, -0.25) is 9.59 Å². The average molecular weight is 489 g/mol. The fourth-order valence-electron chi connectivity index (χ4n) is 8.27. The number of rotatable bonds is 3. The molecule has 5 aliphatic rings. The minimum Gasteiger partial charge on any atom is -0.324 e. The van der Waals surface area contributed by atoms with E-state index in [2.05, 4.69) is 32.9 Å². The summed E-state index contributed by atoms with van der Waals surface area (Å²) in [5, 5.41) is 0. The molecule has 3 fully saturated rings. The van der Waals surface area contributed by atoms with Gasteiger partial charge in [0.2, 0.25) is 0 Å². The van der Waals surface area contributed by atoms with Gasteiger partial charge < -0.3 is 14.2 Å². The smallest absolute Gasteiger partial charge is 0.313 e. The van der Waals surface area contributed by atoms with E-state index in [-0.39, 0.29) is 29.0 Å². The zero-order valence-electron chi connectivity index (χ0n) is 21.7. The van der Waals surface area contributed by atoms with Crippen LogP contribution in [0.25, 0.3) is 0 Å². The first-order valence-corrected chi connectivity index (χ1v) is 13.4. The quantitative estimate of drug-likeness (QED) is 0.514. The van der Waals surface area contributed by atoms with Crippen molar-refractivity contribution in [2.45, 2.75) is 65.0 Å². The molecule has 36 heavy (non-hydrogen) atoms. The number of hydrogen-bond donors (Lipinski definition) is 0. The van der Waals surface area contributed by atoms with Crippen LogP contribution in [0.4, 0.5) is 0 Å². The summed E-state index contributed by atoms with van der Waals surface area (Å²) in [5.74, 6) is -0.321. The molecule has 1 aromatic carbocycles. The van der Waals surface area contributed by atoms with Gasteiger partial charge in [0.25, 0.3) is 0 Å². The molecule has 4 aliphatic carbocycles. The van der Waals surface area contributed by atoms with E-state index in [0.717, 1.165) is 24.8 Å². The van der Waals surface area contributed by atoms with Gasteiger partial charge in [0, 0.05) is 23.0 Å². The largest absolute Gasteiger partial charge is 0.324 e. The highest BCUT2D eigenvalue weighted by Gasteiger charge is 2.70. The minimum absolute atomic E-state index is 0.0226. The molecule has 1 aromatic rings. The summed E-state index contributed by atoms with van der Waals surface area (Å²) in [6.45, 7) is 9.06. The van der Waals surface area contributed by atoms with E-state index in [4.69, 9.17) is 14.2 Å². The molecule has 0 N–H and O–H groups in total. The number of carbonyl (C=O) groups is 2. The molecule has 5 nitrogen and oxygen atoms in total. The molecular formula is C31H36O5. The van der Waals surface area contributed by atoms with Crippen molar-refractivity contribution in [2.24, 2.45) is 28.6 Å². The summed E-state index contributed by atoms with van der Waals surface area (Å²) in [6.07, 6.45) is 11.4. The van der Waals surface area contributed by atoms with Crippen LogP contribution in [-0.2, 0) is 29.8 Å². The fourth-order valence-corrected chi connectivity index (χ4v) is 8.27. The van der Waals surface area contributed by atoms with Gasteiger partial charge in [-0.25, -0.2) is 0 Å². The lowest BCUT2D eigenvalue weighted by Crippen LogP contribution is -2.64. The summed E-state index contributed by atoms with van der Waals surface area (Å²) in [5.41, 5.74) is 1.85. The molecular weight excluding hydrogens is 452 g/mol. The maximum atomic E-state index is 13.8. The average Bonchev–Trinajstić information content (AvgIpc) is 3.16. The molecule has 1 unspecified atom stereocenters. The third kappa shape index (κ3) is 3.06. The van der Waals surface area contributed by atoms with Crippen LogP contribution in [0.5, 0.6) is 0 Å². The van der Waals surface area contributed by atoms with Crippen LogP contribution < -0.4 is 0 Å². The lowest BCUT2D eigenvalue weighted by atomic mass is 9.49. The topological polar surface area (TPSA) is 61.8 Å². The molecule has 1 aliphatic heterocycles. The monoisotopic (exact) mass is 488 g/mol. The van der Waals surface area contributed by atoms with Gasteiger partial charge >= 0.3 is 5.97 Å². The standard InChI is InChI=1S/C31H36O5/c1-5-34-31(21-9-7-6-8-10-21)35-19-27(33)30(36-31)16-13-25-23-17-20(2)26-18-22(32)11-14-28(26,3)24(23)12-15-29(25,30)4/h6-12,14,18,20,23,25H,5,13,15-17,19H2,1-4H3/t20-,23+,25-,28+,29-,30-,31?/m0/s1. The molecule has 5 heteroatoms. The Labute approximate surface area is 213 Å². The number of ether oxygens (including phenoxy) is 3. The van der Waals surface area contributed by atoms with Gasteiger partial charge in [0.05, 0.1) is 0 Å². The lowest BCUT2D eigenvalue weighted by Gasteiger charge is -2.57. The highest BCUT2D eigenvalue weighted by atomic mass is 16.9. The lowest BCUT2D eigenvalue weighted by molar-refractivity contribution is -0.439. The fraction of sp³-hybridized carbons (Fsp3) is 0.548. The van der Waals surface area contributed by atoms with E-state index >= 15 is 0 Å². The molecule has 0 radical (unpaired) electrons. The molecule has 190 valence electrons. The summed E-state index contributed by atoms with van der Waals surface area (Å²) in [7, 11) is 0. The van der Waals surface area contributed by atoms with E-state index in [1.807, 2.05) is 43.3 Å². The second-order valence-corrected chi connectivity index (χ2v) is 11.7. The molecule has 1 spiro atoms. The Bertz CT molecular complexity index is 1200. The number of fused-ring (bicyclic) bond motifs is 6. The first kappa shape index (κ1) is 24.0. The van der Waals surface area contributed by atoms with Gasteiger partial charge in [0.1, 0.15) is 12.2 Å². The van der Waals surface area contributed by atoms with Crippen molar-refractivity contribution in [1.82, 2.24) is 0 Å². The van der Waals surface area contributed by atoms with Crippen LogP contribution in [0.1, 0.15) is 58.9 Å². The zero-order valence-corrected chi connectivity index (χ0v) is 21.7. The highest BCUT2D eigenvalue weighted by molar-refractivity contribution is 6.01. The molecule has 6 rings (SSSR count). The van der Waals surface area contributed by atoms with Crippen molar-refractivity contribution in [3.8, 4) is 0 Å². The molecule has 1 heterocycles. The third-order valence-electron chi connectivity index (χ3n) is 10.0. The van der Waals surface area contributed by atoms with Gasteiger partial charge in [-0.05, 0) is 75.0 Å². The van der Waals surface area contributed by atoms with Crippen molar-refractivity contribution in [2.75, 3.05) is 13.2 Å². The predicted molar refractivity (Wildman–Crippen MR) is 136 cm³/mol. The van der Waals surface area contributed by atoms with Crippen LogP contribution >= 0.6 is 0 Å². The van der Waals surface area contributed by atoms with E-state index in [0.29, 0.717) is 30.8 Å². The second-order valence-electron chi connectivity index (χ2n) is 11.7. The molecule has 1 saturated heterocycles. The Morgan fingerprint density at radius 2 is 1.89 bits per heavy atom. The van der Waals surface area contributed by atoms with Crippen molar-refractivity contribution in [3.63, 3.8) is 0 Å². The summed E-state index contributed by atoms with van der Waals surface area (Å²) < 4.78 is 19.1. The van der Waals surface area contributed by atoms with E-state index in [1.54, 1.807) is 6.08 Å². The van der Waals surface area contributed by atoms with Crippen LogP contribution in [0.3, 0.4) is 0 Å². The van der Waals surface area contributed by atoms with Gasteiger partial charge in [0.15, 0.2) is 11.6 Å². The van der Waals surface area contributed by atoms with E-state index in [9.17, 15) is 9.59 Å². The molecule has 0 bridgehead atoms. The van der Waals surface area contributed by atoms with E-state index < -0.39 is 11.6 Å². The molecule has 2 saturated carbocycles. The molecule has 0 amide bonds. The first-order valence-electron chi connectivity index (χ1n) is 13.4. The highest BCUT2D eigenvalue weighted by Crippen LogP contribution is 2.68. The van der Waals surface area contributed by atoms with Crippen molar-refractivity contribution < 1.29 is 23.8 Å². The van der Waals surface area contributed by atoms with Gasteiger partial charge in [-0.15, -0.1) is 0 Å². The summed E-state index contributed by atoms with van der Waals surface area (Å²) in [4.78, 5) is 26.0. The second kappa shape index (κ2) is 8.08. The van der Waals surface area contributed by atoms with Crippen LogP contribution in [0.15, 0.2) is 65.8 Å². The third-order valence-corrected chi connectivity index (χ3v) is 10.0. The minimum atomic E-state index is -1.39. The van der Waals surface area contributed by atoms with Gasteiger partial charge in [-0.1, -0.05) is 61.9 Å². The number of allylic oxidation sites excluding steroid dienone is 6. The first-order chi connectivity index (χ1) is 17.2. The van der Waals surface area contributed by atoms with Crippen LogP contribution in [0.2, 0.25) is 0 Å². The van der Waals surface area contributed by atoms with Crippen molar-refractivity contribution >= 4 is 11.6 Å². The number of carbonyl (C=O) groups excluding carboxylic acids is 2. The Hall–Kier alpha value is -2.34. The van der Waals surface area contributed by atoms with E-state index in [1.165, 1.54) is 11.1 Å². The Morgan fingerprint density at radius 1 is 1.11 bits per heavy atom. The summed E-state index contributed by atoms with van der Waals surface area (Å²) in [6, 6.07) is 9.73. The maximum absolute atomic E-state index is 13.8. The predicted octanol–water partition coefficient (Wildman–Crippen LogP) is 5.66. The van der Waals surface area contributed by atoms with Crippen molar-refractivity contribution in [3.05, 3.63) is 71.3 Å². The van der Waals surface area contributed by atoms with Crippen molar-refractivity contribution in [1.29, 1.82) is 0 Å².